The second kappa shape index (κ2) is 10.3. The molecule has 0 atom stereocenters. The third-order valence-electron chi connectivity index (χ3n) is 4.09. The zero-order valence-corrected chi connectivity index (χ0v) is 15.0. The third-order valence-corrected chi connectivity index (χ3v) is 4.31. The lowest BCUT2D eigenvalue weighted by Crippen LogP contribution is -2.44. The quantitative estimate of drug-likeness (QED) is 0.469. The van der Waals surface area contributed by atoms with Gasteiger partial charge in [0.15, 0.2) is 5.11 Å². The fourth-order valence-electron chi connectivity index (χ4n) is 2.83. The van der Waals surface area contributed by atoms with Crippen LogP contribution in [-0.2, 0) is 4.74 Å². The van der Waals surface area contributed by atoms with Crippen molar-refractivity contribution in [1.82, 2.24) is 10.6 Å². The van der Waals surface area contributed by atoms with Gasteiger partial charge in [0.1, 0.15) is 12.4 Å². The lowest BCUT2D eigenvalue weighted by Gasteiger charge is -2.19. The van der Waals surface area contributed by atoms with E-state index in [-0.39, 0.29) is 5.91 Å². The molecule has 5 nitrogen and oxygen atoms in total. The number of rotatable bonds is 6. The largest absolute Gasteiger partial charge is 0.490 e. The fourth-order valence-corrected chi connectivity index (χ4v) is 3.09. The topological polar surface area (TPSA) is 59.6 Å². The molecule has 0 spiro atoms. The van der Waals surface area contributed by atoms with Crippen molar-refractivity contribution in [3.05, 3.63) is 29.8 Å². The first-order chi connectivity index (χ1) is 11.7. The molecule has 2 rings (SSSR count). The van der Waals surface area contributed by atoms with Crippen LogP contribution in [0.2, 0.25) is 0 Å². The first-order valence-corrected chi connectivity index (χ1v) is 8.94. The summed E-state index contributed by atoms with van der Waals surface area (Å²) in [5, 5.41) is 6.42. The summed E-state index contributed by atoms with van der Waals surface area (Å²) in [6.07, 6.45) is 7.20. The van der Waals surface area contributed by atoms with Gasteiger partial charge in [0, 0.05) is 13.2 Å². The molecule has 1 fully saturated rings. The van der Waals surface area contributed by atoms with Crippen LogP contribution in [0.1, 0.15) is 48.9 Å². The summed E-state index contributed by atoms with van der Waals surface area (Å²) in [5.41, 5.74) is 0.471. The Bertz CT molecular complexity index is 543. The van der Waals surface area contributed by atoms with E-state index in [1.54, 1.807) is 25.3 Å². The van der Waals surface area contributed by atoms with E-state index in [0.29, 0.717) is 35.7 Å². The molecular formula is C18H26N2O3S. The van der Waals surface area contributed by atoms with Gasteiger partial charge < -0.3 is 14.8 Å². The highest BCUT2D eigenvalue weighted by Crippen LogP contribution is 2.19. The molecule has 1 amide bonds. The van der Waals surface area contributed by atoms with Gasteiger partial charge in [-0.1, -0.05) is 37.8 Å². The van der Waals surface area contributed by atoms with Crippen LogP contribution in [0, 0.1) is 0 Å². The van der Waals surface area contributed by atoms with Crippen LogP contribution in [-0.4, -0.2) is 37.4 Å². The van der Waals surface area contributed by atoms with Gasteiger partial charge in [0.05, 0.1) is 12.2 Å². The number of carbonyl (C=O) groups excluding carboxylic acids is 1. The van der Waals surface area contributed by atoms with E-state index in [0.717, 1.165) is 12.8 Å². The van der Waals surface area contributed by atoms with E-state index in [9.17, 15) is 4.79 Å². The number of thiocarbonyl (C=S) groups is 1. The third kappa shape index (κ3) is 6.09. The number of ether oxygens (including phenoxy) is 2. The fraction of sp³-hybridized carbons (Fsp3) is 0.556. The maximum atomic E-state index is 12.5. The molecule has 0 radical (unpaired) electrons. The van der Waals surface area contributed by atoms with E-state index in [1.165, 1.54) is 25.7 Å². The molecule has 0 bridgehead atoms. The predicted octanol–water partition coefficient (Wildman–Crippen LogP) is 3.04. The van der Waals surface area contributed by atoms with E-state index in [4.69, 9.17) is 21.7 Å². The minimum absolute atomic E-state index is 0.255. The van der Waals surface area contributed by atoms with Gasteiger partial charge in [-0.2, -0.15) is 0 Å². The molecule has 0 aliphatic heterocycles. The smallest absolute Gasteiger partial charge is 0.261 e. The summed E-state index contributed by atoms with van der Waals surface area (Å²) >= 11 is 5.30. The number of hydrogen-bond donors (Lipinski definition) is 2. The van der Waals surface area contributed by atoms with Crippen molar-refractivity contribution in [2.75, 3.05) is 20.3 Å². The Hall–Kier alpha value is -1.66. The number of benzene rings is 1. The van der Waals surface area contributed by atoms with E-state index >= 15 is 0 Å². The minimum Gasteiger partial charge on any atom is -0.490 e. The number of para-hydroxylation sites is 1. The second-order valence-corrected chi connectivity index (χ2v) is 6.36. The van der Waals surface area contributed by atoms with Crippen LogP contribution in [0.25, 0.3) is 0 Å². The Kier molecular flexibility index (Phi) is 7.98. The number of carbonyl (C=O) groups is 1. The van der Waals surface area contributed by atoms with E-state index in [2.05, 4.69) is 10.6 Å². The maximum absolute atomic E-state index is 12.5. The lowest BCUT2D eigenvalue weighted by atomic mass is 10.1. The summed E-state index contributed by atoms with van der Waals surface area (Å²) in [7, 11) is 1.61. The average Bonchev–Trinajstić information content (AvgIpc) is 2.84. The Balaban J connectivity index is 1.90. The molecule has 0 saturated heterocycles. The van der Waals surface area contributed by atoms with Crippen LogP contribution in [0.3, 0.4) is 0 Å². The second-order valence-electron chi connectivity index (χ2n) is 5.95. The molecule has 1 aromatic carbocycles. The molecule has 132 valence electrons. The van der Waals surface area contributed by atoms with E-state index in [1.807, 2.05) is 6.07 Å². The molecule has 24 heavy (non-hydrogen) atoms. The summed E-state index contributed by atoms with van der Waals surface area (Å²) < 4.78 is 10.6. The standard InChI is InChI=1S/C18H26N2O3S/c1-22-12-13-23-16-11-7-6-10-15(16)17(21)20-18(24)19-14-8-4-2-3-5-9-14/h6-7,10-11,14H,2-5,8-9,12-13H2,1H3,(H2,19,20,21,24). The zero-order chi connectivity index (χ0) is 17.2. The Morgan fingerprint density at radius 2 is 1.88 bits per heavy atom. The van der Waals surface area contributed by atoms with Crippen LogP contribution in [0.15, 0.2) is 24.3 Å². The Morgan fingerprint density at radius 3 is 2.58 bits per heavy atom. The molecule has 0 heterocycles. The van der Waals surface area contributed by atoms with Crippen molar-refractivity contribution < 1.29 is 14.3 Å². The summed E-state index contributed by atoms with van der Waals surface area (Å²) in [6.45, 7) is 0.864. The average molecular weight is 350 g/mol. The SMILES string of the molecule is COCCOc1ccccc1C(=O)NC(=S)NC1CCCCCC1. The number of hydrogen-bond acceptors (Lipinski definition) is 4. The minimum atomic E-state index is -0.255. The molecular weight excluding hydrogens is 324 g/mol. The molecule has 1 saturated carbocycles. The first-order valence-electron chi connectivity index (χ1n) is 8.53. The van der Waals surface area contributed by atoms with E-state index < -0.39 is 0 Å². The molecule has 1 aromatic rings. The lowest BCUT2D eigenvalue weighted by molar-refractivity contribution is 0.0968. The molecule has 0 aromatic heterocycles. The van der Waals surface area contributed by atoms with Crippen LogP contribution < -0.4 is 15.4 Å². The van der Waals surface area contributed by atoms with Crippen molar-refractivity contribution in [2.45, 2.75) is 44.6 Å². The van der Waals surface area contributed by atoms with Gasteiger partial charge in [-0.25, -0.2) is 0 Å². The van der Waals surface area contributed by atoms with Gasteiger partial charge in [0.25, 0.3) is 5.91 Å². The highest BCUT2D eigenvalue weighted by atomic mass is 32.1. The summed E-state index contributed by atoms with van der Waals surface area (Å²) in [6, 6.07) is 7.49. The van der Waals surface area contributed by atoms with Gasteiger partial charge in [-0.3, -0.25) is 10.1 Å². The molecule has 1 aliphatic carbocycles. The van der Waals surface area contributed by atoms with Gasteiger partial charge in [-0.05, 0) is 37.2 Å². The van der Waals surface area contributed by atoms with Gasteiger partial charge >= 0.3 is 0 Å². The van der Waals surface area contributed by atoms with Gasteiger partial charge in [0.2, 0.25) is 0 Å². The Morgan fingerprint density at radius 1 is 1.17 bits per heavy atom. The van der Waals surface area contributed by atoms with Crippen molar-refractivity contribution in [3.8, 4) is 5.75 Å². The summed E-state index contributed by atoms with van der Waals surface area (Å²) in [5.74, 6) is 0.276. The molecule has 6 heteroatoms. The van der Waals surface area contributed by atoms with Crippen molar-refractivity contribution in [2.24, 2.45) is 0 Å². The number of nitrogens with one attached hydrogen (secondary N) is 2. The van der Waals surface area contributed by atoms with Crippen LogP contribution in [0.5, 0.6) is 5.75 Å². The summed E-state index contributed by atoms with van der Waals surface area (Å²) in [4.78, 5) is 12.5. The van der Waals surface area contributed by atoms with Crippen molar-refractivity contribution in [1.29, 1.82) is 0 Å². The van der Waals surface area contributed by atoms with Crippen molar-refractivity contribution >= 4 is 23.2 Å². The number of methoxy groups -OCH3 is 1. The van der Waals surface area contributed by atoms with Crippen LogP contribution >= 0.6 is 12.2 Å². The maximum Gasteiger partial charge on any atom is 0.261 e. The predicted molar refractivity (Wildman–Crippen MR) is 98.5 cm³/mol. The highest BCUT2D eigenvalue weighted by molar-refractivity contribution is 7.80. The molecule has 1 aliphatic rings. The molecule has 2 N–H and O–H groups in total. The van der Waals surface area contributed by atoms with Crippen LogP contribution in [0.4, 0.5) is 0 Å². The molecule has 0 unspecified atom stereocenters. The number of amides is 1. The zero-order valence-electron chi connectivity index (χ0n) is 14.2. The monoisotopic (exact) mass is 350 g/mol. The Labute approximate surface area is 149 Å². The van der Waals surface area contributed by atoms with Gasteiger partial charge in [-0.15, -0.1) is 0 Å². The van der Waals surface area contributed by atoms with Crippen molar-refractivity contribution in [3.63, 3.8) is 0 Å². The first kappa shape index (κ1) is 18.7. The normalized spacial score (nSPS) is 15.4. The highest BCUT2D eigenvalue weighted by Gasteiger charge is 2.16.